The van der Waals surface area contributed by atoms with Gasteiger partial charge in [0.2, 0.25) is 0 Å². The Hall–Kier alpha value is -1.51. The van der Waals surface area contributed by atoms with Crippen molar-refractivity contribution in [1.82, 2.24) is 15.3 Å². The minimum Gasteiger partial charge on any atom is -0.355 e. The molecule has 2 aromatic heterocycles. The molecule has 0 saturated carbocycles. The Morgan fingerprint density at radius 3 is 2.87 bits per heavy atom. The zero-order valence-corrected chi connectivity index (χ0v) is 14.8. The summed E-state index contributed by atoms with van der Waals surface area (Å²) in [5.74, 6) is 0.755. The second kappa shape index (κ2) is 6.54. The standard InChI is InChI=1S/C15H20N4O2S2/c1-11-5-14(23(20,21)9-12-8-22-10-18-12)7-17-15(11)19(2)13-3-4-16-6-13/h5,7-8,10,13,16H,3-4,6,9H2,1-2H3/t13-/m0/s1. The zero-order chi connectivity index (χ0) is 16.4. The Morgan fingerprint density at radius 1 is 1.43 bits per heavy atom. The van der Waals surface area contributed by atoms with Crippen molar-refractivity contribution in [1.29, 1.82) is 0 Å². The number of aryl methyl sites for hydroxylation is 1. The molecule has 1 atom stereocenters. The highest BCUT2D eigenvalue weighted by atomic mass is 32.2. The molecule has 0 aromatic carbocycles. The fourth-order valence-electron chi connectivity index (χ4n) is 2.81. The van der Waals surface area contributed by atoms with E-state index in [9.17, 15) is 8.42 Å². The molecule has 1 aliphatic rings. The average molecular weight is 352 g/mol. The summed E-state index contributed by atoms with van der Waals surface area (Å²) < 4.78 is 25.0. The van der Waals surface area contributed by atoms with Gasteiger partial charge in [0.25, 0.3) is 0 Å². The fraction of sp³-hybridized carbons (Fsp3) is 0.467. The summed E-state index contributed by atoms with van der Waals surface area (Å²) in [4.78, 5) is 10.9. The van der Waals surface area contributed by atoms with Crippen molar-refractivity contribution in [2.75, 3.05) is 25.0 Å². The largest absolute Gasteiger partial charge is 0.355 e. The lowest BCUT2D eigenvalue weighted by atomic mass is 10.2. The molecule has 0 aliphatic carbocycles. The van der Waals surface area contributed by atoms with Crippen molar-refractivity contribution in [3.63, 3.8) is 0 Å². The SMILES string of the molecule is Cc1cc(S(=O)(=O)Cc2cscn2)cnc1N(C)[C@H]1CCNC1. The minimum absolute atomic E-state index is 0.0840. The van der Waals surface area contributed by atoms with Gasteiger partial charge in [0, 0.05) is 31.2 Å². The molecule has 0 amide bonds. The third kappa shape index (κ3) is 3.54. The molecule has 0 radical (unpaired) electrons. The van der Waals surface area contributed by atoms with Crippen LogP contribution in [0.1, 0.15) is 17.7 Å². The van der Waals surface area contributed by atoms with Crippen molar-refractivity contribution in [3.05, 3.63) is 34.4 Å². The van der Waals surface area contributed by atoms with Gasteiger partial charge in [-0.2, -0.15) is 0 Å². The van der Waals surface area contributed by atoms with Crippen LogP contribution in [-0.2, 0) is 15.6 Å². The number of hydrogen-bond acceptors (Lipinski definition) is 7. The molecule has 124 valence electrons. The van der Waals surface area contributed by atoms with Crippen LogP contribution in [0, 0.1) is 6.92 Å². The van der Waals surface area contributed by atoms with E-state index in [2.05, 4.69) is 20.2 Å². The van der Waals surface area contributed by atoms with Crippen LogP contribution < -0.4 is 10.2 Å². The molecule has 0 spiro atoms. The average Bonchev–Trinajstić information content (AvgIpc) is 3.19. The molecule has 3 heterocycles. The molecular weight excluding hydrogens is 332 g/mol. The Labute approximate surface area is 140 Å². The van der Waals surface area contributed by atoms with Crippen LogP contribution in [0.15, 0.2) is 28.0 Å². The summed E-state index contributed by atoms with van der Waals surface area (Å²) in [6, 6.07) is 2.11. The Morgan fingerprint density at radius 2 is 2.26 bits per heavy atom. The molecule has 23 heavy (non-hydrogen) atoms. The maximum atomic E-state index is 12.5. The molecule has 3 rings (SSSR count). The van der Waals surface area contributed by atoms with Gasteiger partial charge in [-0.25, -0.2) is 18.4 Å². The summed E-state index contributed by atoms with van der Waals surface area (Å²) in [7, 11) is -1.41. The highest BCUT2D eigenvalue weighted by molar-refractivity contribution is 7.90. The number of aromatic nitrogens is 2. The van der Waals surface area contributed by atoms with Gasteiger partial charge < -0.3 is 10.2 Å². The normalized spacial score (nSPS) is 18.3. The lowest BCUT2D eigenvalue weighted by molar-refractivity contribution is 0.594. The maximum Gasteiger partial charge on any atom is 0.185 e. The molecule has 1 aliphatic heterocycles. The summed E-state index contributed by atoms with van der Waals surface area (Å²) in [5, 5.41) is 5.09. The lowest BCUT2D eigenvalue weighted by Gasteiger charge is -2.26. The van der Waals surface area contributed by atoms with E-state index in [1.165, 1.54) is 17.5 Å². The molecule has 1 N–H and O–H groups in total. The first-order valence-electron chi connectivity index (χ1n) is 7.47. The first-order valence-corrected chi connectivity index (χ1v) is 10.1. The van der Waals surface area contributed by atoms with Crippen LogP contribution in [0.2, 0.25) is 0 Å². The van der Waals surface area contributed by atoms with Gasteiger partial charge >= 0.3 is 0 Å². The summed E-state index contributed by atoms with van der Waals surface area (Å²) in [5.41, 5.74) is 3.09. The minimum atomic E-state index is -3.42. The number of thiazole rings is 1. The van der Waals surface area contributed by atoms with E-state index < -0.39 is 9.84 Å². The quantitative estimate of drug-likeness (QED) is 0.881. The molecule has 1 saturated heterocycles. The molecule has 8 heteroatoms. The third-order valence-electron chi connectivity index (χ3n) is 4.12. The van der Waals surface area contributed by atoms with Crippen molar-refractivity contribution in [3.8, 4) is 0 Å². The number of likely N-dealkylation sites (N-methyl/N-ethyl adjacent to an activating group) is 1. The molecule has 1 fully saturated rings. The van der Waals surface area contributed by atoms with Crippen LogP contribution in [0.3, 0.4) is 0 Å². The van der Waals surface area contributed by atoms with E-state index in [-0.39, 0.29) is 10.6 Å². The molecule has 2 aromatic rings. The fourth-order valence-corrected chi connectivity index (χ4v) is 4.76. The third-order valence-corrected chi connectivity index (χ3v) is 6.37. The van der Waals surface area contributed by atoms with Gasteiger partial charge in [-0.15, -0.1) is 11.3 Å². The molecular formula is C15H20N4O2S2. The second-order valence-corrected chi connectivity index (χ2v) is 8.52. The highest BCUT2D eigenvalue weighted by Gasteiger charge is 2.23. The van der Waals surface area contributed by atoms with Gasteiger partial charge in [0.15, 0.2) is 9.84 Å². The van der Waals surface area contributed by atoms with Gasteiger partial charge in [-0.3, -0.25) is 0 Å². The van der Waals surface area contributed by atoms with Gasteiger partial charge in [0.05, 0.1) is 21.9 Å². The number of nitrogens with one attached hydrogen (secondary N) is 1. The first kappa shape index (κ1) is 16.4. The van der Waals surface area contributed by atoms with E-state index >= 15 is 0 Å². The number of sulfone groups is 1. The first-order chi connectivity index (χ1) is 11.0. The smallest absolute Gasteiger partial charge is 0.185 e. The van der Waals surface area contributed by atoms with E-state index in [0.29, 0.717) is 11.7 Å². The van der Waals surface area contributed by atoms with Crippen LogP contribution in [0.25, 0.3) is 0 Å². The molecule has 6 nitrogen and oxygen atoms in total. The summed E-state index contributed by atoms with van der Waals surface area (Å²) >= 11 is 1.40. The van der Waals surface area contributed by atoms with Gasteiger partial charge in [0.1, 0.15) is 5.82 Å². The van der Waals surface area contributed by atoms with Gasteiger partial charge in [-0.05, 0) is 31.5 Å². The Balaban J connectivity index is 1.83. The van der Waals surface area contributed by atoms with Crippen molar-refractivity contribution in [2.24, 2.45) is 0 Å². The number of pyridine rings is 1. The zero-order valence-electron chi connectivity index (χ0n) is 13.2. The molecule has 0 bridgehead atoms. The topological polar surface area (TPSA) is 75.2 Å². The monoisotopic (exact) mass is 352 g/mol. The van der Waals surface area contributed by atoms with Crippen LogP contribution in [-0.4, -0.2) is 44.6 Å². The number of hydrogen-bond donors (Lipinski definition) is 1. The van der Waals surface area contributed by atoms with Crippen molar-refractivity contribution < 1.29 is 8.42 Å². The summed E-state index contributed by atoms with van der Waals surface area (Å²) in [6.07, 6.45) is 2.53. The predicted octanol–water partition coefficient (Wildman–Crippen LogP) is 1.62. The predicted molar refractivity (Wildman–Crippen MR) is 91.7 cm³/mol. The van der Waals surface area contributed by atoms with E-state index in [1.807, 2.05) is 14.0 Å². The highest BCUT2D eigenvalue weighted by Crippen LogP contribution is 2.24. The van der Waals surface area contributed by atoms with E-state index in [0.717, 1.165) is 30.9 Å². The van der Waals surface area contributed by atoms with Crippen molar-refractivity contribution in [2.45, 2.75) is 30.0 Å². The Bertz CT molecular complexity index is 769. The number of nitrogens with zero attached hydrogens (tertiary/aromatic N) is 3. The van der Waals surface area contributed by atoms with Crippen LogP contribution in [0.5, 0.6) is 0 Å². The van der Waals surface area contributed by atoms with Crippen LogP contribution >= 0.6 is 11.3 Å². The Kier molecular flexibility index (Phi) is 4.65. The second-order valence-electron chi connectivity index (χ2n) is 5.81. The maximum absolute atomic E-state index is 12.5. The van der Waals surface area contributed by atoms with Crippen LogP contribution in [0.4, 0.5) is 5.82 Å². The number of anilines is 1. The van der Waals surface area contributed by atoms with Gasteiger partial charge in [-0.1, -0.05) is 0 Å². The lowest BCUT2D eigenvalue weighted by Crippen LogP contribution is -2.34. The number of rotatable bonds is 5. The molecule has 0 unspecified atom stereocenters. The van der Waals surface area contributed by atoms with Crippen molar-refractivity contribution >= 4 is 27.0 Å². The van der Waals surface area contributed by atoms with E-state index in [4.69, 9.17) is 0 Å². The summed E-state index contributed by atoms with van der Waals surface area (Å²) in [6.45, 7) is 3.85. The van der Waals surface area contributed by atoms with E-state index in [1.54, 1.807) is 17.0 Å².